The van der Waals surface area contributed by atoms with Crippen molar-refractivity contribution in [3.05, 3.63) is 97.2 Å². The fourth-order valence-electron chi connectivity index (χ4n) is 7.29. The minimum absolute atomic E-state index is 0.0100. The molecule has 0 fully saturated rings. The van der Waals surface area contributed by atoms with E-state index in [1.54, 1.807) is 6.08 Å². The number of amides is 1. The molecule has 0 aliphatic carbocycles. The van der Waals surface area contributed by atoms with Crippen molar-refractivity contribution in [3.8, 4) is 0 Å². The number of hydrogen-bond acceptors (Lipinski definition) is 6. The normalized spacial score (nSPS) is 14.8. The number of aliphatic hydroxyl groups is 1. The molecule has 0 aromatic rings. The number of aliphatic hydroxyl groups excluding tert-OH is 1. The Morgan fingerprint density at radius 2 is 0.925 bits per heavy atom. The maximum Gasteiger partial charge on any atom is 0.268 e. The van der Waals surface area contributed by atoms with Crippen LogP contribution >= 0.6 is 7.82 Å². The molecule has 0 aliphatic rings. The third kappa shape index (κ3) is 51.1. The Hall–Kier alpha value is -2.58. The van der Waals surface area contributed by atoms with E-state index in [1.165, 1.54) is 116 Å². The van der Waals surface area contributed by atoms with E-state index < -0.39 is 26.6 Å². The summed E-state index contributed by atoms with van der Waals surface area (Å²) in [5.74, 6) is -0.213. The molecule has 9 heteroatoms. The van der Waals surface area contributed by atoms with Crippen LogP contribution in [0.5, 0.6) is 0 Å². The fourth-order valence-corrected chi connectivity index (χ4v) is 8.01. The molecule has 67 heavy (non-hydrogen) atoms. The van der Waals surface area contributed by atoms with Gasteiger partial charge in [0.1, 0.15) is 13.2 Å². The summed E-state index contributed by atoms with van der Waals surface area (Å²) in [6, 6.07) is -0.907. The first-order valence-corrected chi connectivity index (χ1v) is 28.6. The first-order chi connectivity index (χ1) is 32.5. The molecule has 8 nitrogen and oxygen atoms in total. The summed E-state index contributed by atoms with van der Waals surface area (Å²) in [5, 5.41) is 13.8. The van der Waals surface area contributed by atoms with Crippen molar-refractivity contribution >= 4 is 13.7 Å². The average Bonchev–Trinajstić information content (AvgIpc) is 3.29. The van der Waals surface area contributed by atoms with Gasteiger partial charge in [0.15, 0.2) is 0 Å². The third-order valence-electron chi connectivity index (χ3n) is 11.5. The predicted octanol–water partition coefficient (Wildman–Crippen LogP) is 15.6. The van der Waals surface area contributed by atoms with Gasteiger partial charge in [0, 0.05) is 6.42 Å². The highest BCUT2D eigenvalue weighted by atomic mass is 31.2. The largest absolute Gasteiger partial charge is 0.756 e. The summed E-state index contributed by atoms with van der Waals surface area (Å²) in [6.07, 6.45) is 69.1. The van der Waals surface area contributed by atoms with Crippen LogP contribution in [0.4, 0.5) is 0 Å². The molecule has 0 heterocycles. The number of carbonyl (C=O) groups is 1. The van der Waals surface area contributed by atoms with Crippen LogP contribution in [0.3, 0.4) is 0 Å². The van der Waals surface area contributed by atoms with Crippen molar-refractivity contribution in [2.75, 3.05) is 40.9 Å². The lowest BCUT2D eigenvalue weighted by molar-refractivity contribution is -0.870. The van der Waals surface area contributed by atoms with E-state index in [0.29, 0.717) is 17.4 Å². The highest BCUT2D eigenvalue weighted by molar-refractivity contribution is 7.45. The van der Waals surface area contributed by atoms with Crippen LogP contribution in [0.25, 0.3) is 0 Å². The summed E-state index contributed by atoms with van der Waals surface area (Å²) in [6.45, 7) is 4.48. The summed E-state index contributed by atoms with van der Waals surface area (Å²) in [7, 11) is 1.23. The number of allylic oxidation sites excluding steroid dienone is 15. The highest BCUT2D eigenvalue weighted by Gasteiger charge is 2.23. The van der Waals surface area contributed by atoms with Gasteiger partial charge >= 0.3 is 0 Å². The van der Waals surface area contributed by atoms with E-state index in [4.69, 9.17) is 9.05 Å². The van der Waals surface area contributed by atoms with Gasteiger partial charge in [-0.2, -0.15) is 0 Å². The van der Waals surface area contributed by atoms with Crippen LogP contribution in [0.1, 0.15) is 213 Å². The minimum atomic E-state index is -4.60. The Morgan fingerprint density at radius 3 is 1.39 bits per heavy atom. The molecule has 0 aromatic heterocycles. The summed E-state index contributed by atoms with van der Waals surface area (Å²) < 4.78 is 23.2. The van der Waals surface area contributed by atoms with Crippen molar-refractivity contribution in [1.82, 2.24) is 5.32 Å². The molecule has 386 valence electrons. The number of rotatable bonds is 48. The molecule has 3 atom stereocenters. The van der Waals surface area contributed by atoms with Crippen LogP contribution in [0.15, 0.2) is 97.2 Å². The number of quaternary nitrogens is 1. The van der Waals surface area contributed by atoms with Gasteiger partial charge in [0.25, 0.3) is 7.82 Å². The second-order valence-corrected chi connectivity index (χ2v) is 20.6. The maximum absolute atomic E-state index is 12.9. The molecule has 0 spiro atoms. The van der Waals surface area contributed by atoms with Crippen LogP contribution in [-0.4, -0.2) is 68.5 Å². The molecule has 0 rings (SSSR count). The second-order valence-electron chi connectivity index (χ2n) is 19.2. The first kappa shape index (κ1) is 64.4. The average molecular weight is 955 g/mol. The zero-order valence-corrected chi connectivity index (χ0v) is 44.7. The van der Waals surface area contributed by atoms with Crippen molar-refractivity contribution in [2.24, 2.45) is 0 Å². The number of carbonyl (C=O) groups excluding carboxylic acids is 1. The molecular weight excluding hydrogens is 852 g/mol. The number of likely N-dealkylation sites (N-methyl/N-ethyl adjacent to an activating group) is 1. The molecule has 0 aliphatic heterocycles. The minimum Gasteiger partial charge on any atom is -0.756 e. The molecule has 0 saturated heterocycles. The van der Waals surface area contributed by atoms with Gasteiger partial charge in [-0.25, -0.2) is 0 Å². The van der Waals surface area contributed by atoms with Crippen molar-refractivity contribution in [1.29, 1.82) is 0 Å². The molecule has 3 unspecified atom stereocenters. The number of nitrogens with one attached hydrogen (secondary N) is 1. The van der Waals surface area contributed by atoms with Crippen molar-refractivity contribution in [2.45, 2.75) is 225 Å². The van der Waals surface area contributed by atoms with Crippen LogP contribution in [0, 0.1) is 0 Å². The monoisotopic (exact) mass is 955 g/mol. The second kappa shape index (κ2) is 48.4. The maximum atomic E-state index is 12.9. The summed E-state index contributed by atoms with van der Waals surface area (Å²) >= 11 is 0. The molecule has 2 N–H and O–H groups in total. The predicted molar refractivity (Wildman–Crippen MR) is 288 cm³/mol. The van der Waals surface area contributed by atoms with Gasteiger partial charge in [-0.05, 0) is 83.5 Å². The van der Waals surface area contributed by atoms with Crippen molar-refractivity contribution in [3.63, 3.8) is 0 Å². The van der Waals surface area contributed by atoms with Crippen LogP contribution in [-0.2, 0) is 18.4 Å². The zero-order valence-electron chi connectivity index (χ0n) is 43.8. The van der Waals surface area contributed by atoms with Gasteiger partial charge in [0.05, 0.1) is 39.9 Å². The van der Waals surface area contributed by atoms with E-state index in [9.17, 15) is 19.4 Å². The smallest absolute Gasteiger partial charge is 0.268 e. The van der Waals surface area contributed by atoms with E-state index in [0.717, 1.165) is 77.0 Å². The third-order valence-corrected chi connectivity index (χ3v) is 12.5. The first-order valence-electron chi connectivity index (χ1n) is 27.1. The molecule has 0 aromatic carbocycles. The Morgan fingerprint density at radius 1 is 0.537 bits per heavy atom. The van der Waals surface area contributed by atoms with Crippen LogP contribution < -0.4 is 10.2 Å². The fraction of sp³-hybridized carbons (Fsp3) is 0.707. The van der Waals surface area contributed by atoms with Gasteiger partial charge in [0.2, 0.25) is 5.91 Å². The van der Waals surface area contributed by atoms with Crippen molar-refractivity contribution < 1.29 is 32.9 Å². The topological polar surface area (TPSA) is 108 Å². The van der Waals surface area contributed by atoms with E-state index in [1.807, 2.05) is 27.2 Å². The van der Waals surface area contributed by atoms with Crippen LogP contribution in [0.2, 0.25) is 0 Å². The molecule has 0 radical (unpaired) electrons. The van der Waals surface area contributed by atoms with E-state index in [-0.39, 0.29) is 12.5 Å². The number of nitrogens with zero attached hydrogens (tertiary/aromatic N) is 1. The van der Waals surface area contributed by atoms with E-state index >= 15 is 0 Å². The van der Waals surface area contributed by atoms with Gasteiger partial charge in [-0.3, -0.25) is 9.36 Å². The van der Waals surface area contributed by atoms with Gasteiger partial charge in [-0.1, -0.05) is 220 Å². The Labute approximate surface area is 413 Å². The highest BCUT2D eigenvalue weighted by Crippen LogP contribution is 2.38. The lowest BCUT2D eigenvalue weighted by atomic mass is 10.0. The summed E-state index contributed by atoms with van der Waals surface area (Å²) in [5.41, 5.74) is 0. The molecule has 0 bridgehead atoms. The van der Waals surface area contributed by atoms with E-state index in [2.05, 4.69) is 104 Å². The SMILES string of the molecule is CC/C=C\C/C=C\C/C=C\C/C=C\C/C=C\C/C=C\CCCCCCCCCCCCCCCCC(=O)NC(COP(=O)([O-])OCC[N+](C)(C)C)C(O)/C=C/CC/C=C/CCCCCCCC. The lowest BCUT2D eigenvalue weighted by Gasteiger charge is -2.29. The molecule has 1 amide bonds. The summed E-state index contributed by atoms with van der Waals surface area (Å²) in [4.78, 5) is 25.4. The Kier molecular flexibility index (Phi) is 46.6. The zero-order chi connectivity index (χ0) is 49.2. The quantitative estimate of drug-likeness (QED) is 0.0272. The van der Waals surface area contributed by atoms with Gasteiger partial charge < -0.3 is 28.8 Å². The molecular formula is C58H103N2O6P. The number of unbranched alkanes of at least 4 members (excludes halogenated alkanes) is 21. The van der Waals surface area contributed by atoms with Gasteiger partial charge in [-0.15, -0.1) is 0 Å². The Bertz CT molecular complexity index is 1410. The number of phosphoric ester groups is 1. The Balaban J connectivity index is 4.11. The number of hydrogen-bond donors (Lipinski definition) is 2. The standard InChI is InChI=1S/C58H103N2O6P/c1-6-8-10-12-14-16-18-20-21-22-23-24-25-26-27-28-29-30-31-32-33-34-35-36-37-38-39-40-42-44-46-48-50-52-58(62)59-56(55-66-67(63,64)65-54-53-60(3,4)5)57(61)51-49-47-45-43-41-19-17-15-13-11-9-7-2/h8,10,14,16,20-21,23-24,26-27,29-30,41,43,49,51,56-57,61H,6-7,9,11-13,15,17-19,22,25,28,31-40,42,44-48,50,52-55H2,1-5H3,(H-,59,62,63,64)/b10-8-,16-14-,21-20-,24-23-,27-26-,30-29-,43-41+,51-49+. The molecule has 0 saturated carbocycles. The lowest BCUT2D eigenvalue weighted by Crippen LogP contribution is -2.45. The number of phosphoric acid groups is 1.